The quantitative estimate of drug-likeness (QED) is 0.300. The number of nitrogens with zero attached hydrogens (tertiary/aromatic N) is 1. The van der Waals surface area contributed by atoms with Crippen molar-refractivity contribution >= 4 is 21.9 Å². The van der Waals surface area contributed by atoms with E-state index in [4.69, 9.17) is 4.42 Å². The molecular formula is C20H29N3O7S. The number of hydrogen-bond acceptors (Lipinski definition) is 8. The SMILES string of the molecule is CCCCCC(O)C(O)C(Cc1ccc(O)cc1)NC(=O)c1coc(NS(C)(=O)=O)n1. The number of sulfonamides is 1. The fourth-order valence-electron chi connectivity index (χ4n) is 3.01. The number of anilines is 1. The van der Waals surface area contributed by atoms with Crippen molar-refractivity contribution in [1.29, 1.82) is 0 Å². The summed E-state index contributed by atoms with van der Waals surface area (Å²) < 4.78 is 29.5. The summed E-state index contributed by atoms with van der Waals surface area (Å²) in [6.45, 7) is 2.03. The molecule has 0 aliphatic heterocycles. The number of aromatic nitrogens is 1. The van der Waals surface area contributed by atoms with Crippen LogP contribution in [0.1, 0.15) is 48.7 Å². The minimum absolute atomic E-state index is 0.0815. The summed E-state index contributed by atoms with van der Waals surface area (Å²) in [6, 6.07) is 5.04. The number of nitrogens with one attached hydrogen (secondary N) is 2. The summed E-state index contributed by atoms with van der Waals surface area (Å²) in [5.74, 6) is -0.619. The molecule has 3 atom stereocenters. The number of carbonyl (C=O) groups excluding carboxylic acids is 1. The first-order valence-electron chi connectivity index (χ1n) is 9.97. The van der Waals surface area contributed by atoms with Crippen molar-refractivity contribution in [2.24, 2.45) is 0 Å². The van der Waals surface area contributed by atoms with Gasteiger partial charge in [0.15, 0.2) is 5.69 Å². The van der Waals surface area contributed by atoms with Crippen LogP contribution in [0.4, 0.5) is 6.01 Å². The molecule has 5 N–H and O–H groups in total. The molecule has 1 amide bonds. The molecule has 31 heavy (non-hydrogen) atoms. The summed E-state index contributed by atoms with van der Waals surface area (Å²) in [5.41, 5.74) is 0.539. The number of aliphatic hydroxyl groups excluding tert-OH is 2. The van der Waals surface area contributed by atoms with Crippen LogP contribution in [-0.4, -0.2) is 59.1 Å². The standard InChI is InChI=1S/C20H29N3O7S/c1-3-4-5-6-17(25)18(26)15(11-13-7-9-14(24)10-8-13)21-19(27)16-12-30-20(22-16)23-31(2,28)29/h7-10,12,15,17-18,24-26H,3-6,11H2,1-2H3,(H,21,27)(H,22,23). The molecule has 3 unspecified atom stereocenters. The van der Waals surface area contributed by atoms with Crippen LogP contribution in [0.15, 0.2) is 34.9 Å². The Morgan fingerprint density at radius 1 is 1.19 bits per heavy atom. The smallest absolute Gasteiger partial charge is 0.309 e. The molecule has 10 nitrogen and oxygen atoms in total. The highest BCUT2D eigenvalue weighted by Gasteiger charge is 2.29. The molecule has 0 aliphatic carbocycles. The molecule has 0 saturated heterocycles. The molecule has 0 spiro atoms. The average molecular weight is 456 g/mol. The van der Waals surface area contributed by atoms with Crippen molar-refractivity contribution in [2.45, 2.75) is 57.3 Å². The monoisotopic (exact) mass is 455 g/mol. The Morgan fingerprint density at radius 2 is 1.87 bits per heavy atom. The van der Waals surface area contributed by atoms with Crippen molar-refractivity contribution in [2.75, 3.05) is 11.0 Å². The van der Waals surface area contributed by atoms with E-state index >= 15 is 0 Å². The van der Waals surface area contributed by atoms with E-state index in [9.17, 15) is 28.5 Å². The van der Waals surface area contributed by atoms with Gasteiger partial charge in [-0.1, -0.05) is 38.3 Å². The number of aromatic hydroxyl groups is 1. The van der Waals surface area contributed by atoms with Gasteiger partial charge < -0.3 is 25.1 Å². The number of rotatable bonds is 12. The van der Waals surface area contributed by atoms with Gasteiger partial charge in [-0.25, -0.2) is 13.1 Å². The predicted molar refractivity (Wildman–Crippen MR) is 114 cm³/mol. The molecule has 0 radical (unpaired) electrons. The minimum atomic E-state index is -3.62. The van der Waals surface area contributed by atoms with E-state index in [1.54, 1.807) is 12.1 Å². The van der Waals surface area contributed by atoms with Crippen LogP contribution in [0.5, 0.6) is 5.75 Å². The molecule has 172 valence electrons. The topological polar surface area (TPSA) is 162 Å². The van der Waals surface area contributed by atoms with Gasteiger partial charge in [-0.2, -0.15) is 4.98 Å². The number of carbonyl (C=O) groups is 1. The average Bonchev–Trinajstić information content (AvgIpc) is 3.15. The molecule has 1 aromatic carbocycles. The summed E-state index contributed by atoms with van der Waals surface area (Å²) >= 11 is 0. The third-order valence-electron chi connectivity index (χ3n) is 4.63. The van der Waals surface area contributed by atoms with E-state index in [1.165, 1.54) is 12.1 Å². The van der Waals surface area contributed by atoms with Gasteiger partial charge in [0.2, 0.25) is 10.0 Å². The van der Waals surface area contributed by atoms with Crippen LogP contribution in [0.3, 0.4) is 0 Å². The highest BCUT2D eigenvalue weighted by Crippen LogP contribution is 2.17. The van der Waals surface area contributed by atoms with Crippen LogP contribution in [0.2, 0.25) is 0 Å². The van der Waals surface area contributed by atoms with Crippen molar-refractivity contribution in [3.05, 3.63) is 41.8 Å². The lowest BCUT2D eigenvalue weighted by atomic mass is 9.95. The van der Waals surface area contributed by atoms with E-state index in [1.807, 2.05) is 11.6 Å². The van der Waals surface area contributed by atoms with Crippen LogP contribution < -0.4 is 10.0 Å². The Balaban J connectivity index is 2.14. The highest BCUT2D eigenvalue weighted by atomic mass is 32.2. The Kier molecular flexibility index (Phi) is 8.84. The van der Waals surface area contributed by atoms with Gasteiger partial charge in [0, 0.05) is 0 Å². The number of benzene rings is 1. The summed E-state index contributed by atoms with van der Waals surface area (Å²) in [4.78, 5) is 16.4. The van der Waals surface area contributed by atoms with E-state index in [2.05, 4.69) is 10.3 Å². The number of phenols is 1. The maximum absolute atomic E-state index is 12.6. The fourth-order valence-corrected chi connectivity index (χ4v) is 3.42. The number of hydrogen-bond donors (Lipinski definition) is 5. The van der Waals surface area contributed by atoms with E-state index in [0.29, 0.717) is 6.42 Å². The van der Waals surface area contributed by atoms with Gasteiger partial charge in [0.05, 0.1) is 18.4 Å². The zero-order chi connectivity index (χ0) is 23.0. The Hall–Kier alpha value is -2.63. The van der Waals surface area contributed by atoms with Crippen molar-refractivity contribution < 1.29 is 32.9 Å². The first-order valence-corrected chi connectivity index (χ1v) is 11.9. The number of phenolic OH excluding ortho intramolecular Hbond substituents is 1. The van der Waals surface area contributed by atoms with E-state index in [0.717, 1.165) is 37.3 Å². The predicted octanol–water partition coefficient (Wildman–Crippen LogP) is 1.39. The maximum atomic E-state index is 12.6. The van der Waals surface area contributed by atoms with Crippen LogP contribution >= 0.6 is 0 Å². The first kappa shape index (κ1) is 24.6. The molecule has 1 aromatic heterocycles. The van der Waals surface area contributed by atoms with Gasteiger partial charge in [-0.05, 0) is 30.5 Å². The molecule has 0 aliphatic rings. The van der Waals surface area contributed by atoms with Crippen LogP contribution in [0, 0.1) is 0 Å². The zero-order valence-electron chi connectivity index (χ0n) is 17.5. The normalized spacial score (nSPS) is 14.6. The van der Waals surface area contributed by atoms with Crippen molar-refractivity contribution in [3.8, 4) is 5.75 Å². The second-order valence-electron chi connectivity index (χ2n) is 7.42. The summed E-state index contributed by atoms with van der Waals surface area (Å²) in [6.07, 6.45) is 2.78. The lowest BCUT2D eigenvalue weighted by molar-refractivity contribution is -0.00834. The summed E-state index contributed by atoms with van der Waals surface area (Å²) in [7, 11) is -3.62. The second kappa shape index (κ2) is 11.1. The maximum Gasteiger partial charge on any atom is 0.309 e. The van der Waals surface area contributed by atoms with Gasteiger partial charge in [-0.3, -0.25) is 4.79 Å². The van der Waals surface area contributed by atoms with Gasteiger partial charge in [-0.15, -0.1) is 0 Å². The lowest BCUT2D eigenvalue weighted by Crippen LogP contribution is -2.49. The molecule has 2 aromatic rings. The molecule has 0 saturated carbocycles. The fraction of sp³-hybridized carbons (Fsp3) is 0.500. The van der Waals surface area contributed by atoms with Gasteiger partial charge in [0.25, 0.3) is 5.91 Å². The van der Waals surface area contributed by atoms with Crippen molar-refractivity contribution in [3.63, 3.8) is 0 Å². The number of oxazole rings is 1. The van der Waals surface area contributed by atoms with Gasteiger partial charge in [0.1, 0.15) is 18.1 Å². The van der Waals surface area contributed by atoms with Crippen molar-refractivity contribution in [1.82, 2.24) is 10.3 Å². The zero-order valence-corrected chi connectivity index (χ0v) is 18.3. The molecule has 0 fully saturated rings. The van der Waals surface area contributed by atoms with Gasteiger partial charge >= 0.3 is 6.01 Å². The molecule has 0 bridgehead atoms. The molecular weight excluding hydrogens is 426 g/mol. The first-order chi connectivity index (χ1) is 14.6. The molecule has 1 heterocycles. The van der Waals surface area contributed by atoms with Crippen LogP contribution in [0.25, 0.3) is 0 Å². The van der Waals surface area contributed by atoms with E-state index in [-0.39, 0.29) is 23.9 Å². The Morgan fingerprint density at radius 3 is 2.48 bits per heavy atom. The number of unbranched alkanes of at least 4 members (excludes halogenated alkanes) is 2. The minimum Gasteiger partial charge on any atom is -0.508 e. The second-order valence-corrected chi connectivity index (χ2v) is 9.16. The lowest BCUT2D eigenvalue weighted by Gasteiger charge is -2.28. The number of aliphatic hydroxyl groups is 2. The Bertz CT molecular complexity index is 944. The summed E-state index contributed by atoms with van der Waals surface area (Å²) in [5, 5.41) is 33.2. The molecule has 11 heteroatoms. The van der Waals surface area contributed by atoms with Crippen LogP contribution in [-0.2, 0) is 16.4 Å². The third-order valence-corrected chi connectivity index (χ3v) is 5.17. The third kappa shape index (κ3) is 8.19. The van der Waals surface area contributed by atoms with E-state index < -0.39 is 34.2 Å². The largest absolute Gasteiger partial charge is 0.508 e. The highest BCUT2D eigenvalue weighted by molar-refractivity contribution is 7.91. The molecule has 2 rings (SSSR count). The number of amides is 1. The Labute approximate surface area is 181 Å².